The molecule has 2 heterocycles. The van der Waals surface area contributed by atoms with E-state index in [-0.39, 0.29) is 17.7 Å². The Hall–Kier alpha value is -2.66. The van der Waals surface area contributed by atoms with Crippen molar-refractivity contribution >= 4 is 11.8 Å². The van der Waals surface area contributed by atoms with Crippen LogP contribution < -0.4 is 5.32 Å². The van der Waals surface area contributed by atoms with E-state index >= 15 is 0 Å². The fourth-order valence-electron chi connectivity index (χ4n) is 4.76. The highest BCUT2D eigenvalue weighted by Gasteiger charge is 2.50. The molecular formula is C24H28N2O3. The van der Waals surface area contributed by atoms with E-state index in [1.807, 2.05) is 36.4 Å². The first-order chi connectivity index (χ1) is 14.1. The average Bonchev–Trinajstić information content (AvgIpc) is 2.77. The minimum absolute atomic E-state index is 0.0344. The van der Waals surface area contributed by atoms with Gasteiger partial charge in [0.15, 0.2) is 0 Å². The van der Waals surface area contributed by atoms with Gasteiger partial charge in [-0.1, -0.05) is 60.7 Å². The lowest BCUT2D eigenvalue weighted by Crippen LogP contribution is -2.62. The highest BCUT2D eigenvalue weighted by Crippen LogP contribution is 2.38. The molecule has 4 rings (SSSR count). The van der Waals surface area contributed by atoms with Crippen LogP contribution in [0.15, 0.2) is 60.7 Å². The molecule has 2 aliphatic rings. The first-order valence-electron chi connectivity index (χ1n) is 10.4. The smallest absolute Gasteiger partial charge is 0.230 e. The number of likely N-dealkylation sites (tertiary alicyclic amines) is 1. The van der Waals surface area contributed by atoms with Gasteiger partial charge in [0.2, 0.25) is 11.8 Å². The van der Waals surface area contributed by atoms with Crippen LogP contribution in [0.3, 0.4) is 0 Å². The molecular weight excluding hydrogens is 364 g/mol. The molecule has 29 heavy (non-hydrogen) atoms. The minimum atomic E-state index is -0.860. The van der Waals surface area contributed by atoms with Gasteiger partial charge in [0, 0.05) is 32.0 Å². The van der Waals surface area contributed by atoms with Crippen molar-refractivity contribution in [3.63, 3.8) is 0 Å². The molecule has 0 radical (unpaired) electrons. The summed E-state index contributed by atoms with van der Waals surface area (Å²) in [5, 5.41) is 13.5. The normalized spacial score (nSPS) is 24.6. The van der Waals surface area contributed by atoms with Crippen LogP contribution in [0.5, 0.6) is 0 Å². The van der Waals surface area contributed by atoms with Crippen molar-refractivity contribution in [1.82, 2.24) is 10.2 Å². The van der Waals surface area contributed by atoms with E-state index in [1.165, 1.54) is 0 Å². The molecule has 2 atom stereocenters. The van der Waals surface area contributed by atoms with Gasteiger partial charge in [0.05, 0.1) is 11.5 Å². The first-order valence-corrected chi connectivity index (χ1v) is 10.4. The molecule has 0 bridgehead atoms. The maximum Gasteiger partial charge on any atom is 0.230 e. The Bertz CT molecular complexity index is 815. The van der Waals surface area contributed by atoms with Gasteiger partial charge in [0.1, 0.15) is 0 Å². The number of rotatable bonds is 4. The molecule has 2 aromatic rings. The maximum atomic E-state index is 13.3. The zero-order valence-electron chi connectivity index (χ0n) is 16.6. The Kier molecular flexibility index (Phi) is 5.67. The maximum absolute atomic E-state index is 13.3. The fourth-order valence-corrected chi connectivity index (χ4v) is 4.76. The molecule has 0 unspecified atom stereocenters. The number of carbonyl (C=O) groups is 2. The summed E-state index contributed by atoms with van der Waals surface area (Å²) in [6.45, 7) is 1.44. The predicted molar refractivity (Wildman–Crippen MR) is 111 cm³/mol. The first kappa shape index (κ1) is 19.6. The number of aliphatic hydroxyl groups excluding tert-OH is 1. The molecule has 2 fully saturated rings. The number of carbonyl (C=O) groups excluding carboxylic acids is 2. The van der Waals surface area contributed by atoms with Crippen LogP contribution in [0.1, 0.15) is 42.7 Å². The van der Waals surface area contributed by atoms with Crippen LogP contribution in [0.25, 0.3) is 0 Å². The number of piperidine rings is 2. The second-order valence-electron chi connectivity index (χ2n) is 8.21. The van der Waals surface area contributed by atoms with Gasteiger partial charge in [-0.05, 0) is 30.4 Å². The Labute approximate surface area is 171 Å². The molecule has 2 aliphatic heterocycles. The Morgan fingerprint density at radius 3 is 2.31 bits per heavy atom. The summed E-state index contributed by atoms with van der Waals surface area (Å²) in [5.74, 6) is -0.114. The van der Waals surface area contributed by atoms with Crippen LogP contribution in [0, 0.1) is 5.41 Å². The third kappa shape index (κ3) is 3.92. The summed E-state index contributed by atoms with van der Waals surface area (Å²) in [5.41, 5.74) is 1.35. The topological polar surface area (TPSA) is 69.6 Å². The Morgan fingerprint density at radius 1 is 1.10 bits per heavy atom. The molecule has 152 valence electrons. The lowest BCUT2D eigenvalue weighted by atomic mass is 9.71. The monoisotopic (exact) mass is 392 g/mol. The summed E-state index contributed by atoms with van der Waals surface area (Å²) < 4.78 is 0. The zero-order chi connectivity index (χ0) is 20.3. The van der Waals surface area contributed by atoms with Crippen molar-refractivity contribution in [1.29, 1.82) is 0 Å². The third-order valence-corrected chi connectivity index (χ3v) is 6.46. The number of amides is 2. The van der Waals surface area contributed by atoms with Crippen molar-refractivity contribution in [3.8, 4) is 0 Å². The number of nitrogens with one attached hydrogen (secondary N) is 1. The van der Waals surface area contributed by atoms with Crippen molar-refractivity contribution in [2.24, 2.45) is 5.41 Å². The third-order valence-electron chi connectivity index (χ3n) is 6.46. The number of aliphatic hydroxyl groups is 1. The lowest BCUT2D eigenvalue weighted by molar-refractivity contribution is -0.154. The van der Waals surface area contributed by atoms with Gasteiger partial charge in [-0.25, -0.2) is 0 Å². The van der Waals surface area contributed by atoms with Gasteiger partial charge in [-0.15, -0.1) is 0 Å². The van der Waals surface area contributed by atoms with Gasteiger partial charge in [-0.2, -0.15) is 0 Å². The highest BCUT2D eigenvalue weighted by molar-refractivity contribution is 5.86. The SMILES string of the molecule is O=C(CC(c1ccccc1)c1ccccc1)N1CC[C@@H](O)[C@@]2(CCCNC2=O)C1. The molecule has 0 aromatic heterocycles. The largest absolute Gasteiger partial charge is 0.392 e. The van der Waals surface area contributed by atoms with Crippen molar-refractivity contribution in [3.05, 3.63) is 71.8 Å². The van der Waals surface area contributed by atoms with Crippen LogP contribution >= 0.6 is 0 Å². The summed E-state index contributed by atoms with van der Waals surface area (Å²) in [7, 11) is 0. The molecule has 1 spiro atoms. The predicted octanol–water partition coefficient (Wildman–Crippen LogP) is 2.70. The van der Waals surface area contributed by atoms with E-state index in [9.17, 15) is 14.7 Å². The molecule has 2 aromatic carbocycles. The summed E-state index contributed by atoms with van der Waals surface area (Å²) in [4.78, 5) is 27.7. The summed E-state index contributed by atoms with van der Waals surface area (Å²) in [6, 6.07) is 20.2. The molecule has 5 heteroatoms. The standard InChI is InChI=1S/C24H28N2O3/c27-21-12-15-26(17-24(21)13-7-14-25-23(24)29)22(28)16-20(18-8-3-1-4-9-18)19-10-5-2-6-11-19/h1-6,8-11,20-21,27H,7,12-17H2,(H,25,29)/t21-,24-/m1/s1. The zero-order valence-corrected chi connectivity index (χ0v) is 16.6. The quantitative estimate of drug-likeness (QED) is 0.841. The molecule has 0 aliphatic carbocycles. The van der Waals surface area contributed by atoms with E-state index in [4.69, 9.17) is 0 Å². The number of benzene rings is 2. The Balaban J connectivity index is 1.56. The van der Waals surface area contributed by atoms with Gasteiger partial charge < -0.3 is 15.3 Å². The second kappa shape index (κ2) is 8.37. The minimum Gasteiger partial charge on any atom is -0.392 e. The Morgan fingerprint density at radius 2 is 1.72 bits per heavy atom. The van der Waals surface area contributed by atoms with E-state index in [2.05, 4.69) is 29.6 Å². The van der Waals surface area contributed by atoms with E-state index < -0.39 is 11.5 Å². The average molecular weight is 392 g/mol. The second-order valence-corrected chi connectivity index (χ2v) is 8.21. The number of nitrogens with zero attached hydrogens (tertiary/aromatic N) is 1. The fraction of sp³-hybridized carbons (Fsp3) is 0.417. The van der Waals surface area contributed by atoms with Gasteiger partial charge in [-0.3, -0.25) is 9.59 Å². The molecule has 2 N–H and O–H groups in total. The summed E-state index contributed by atoms with van der Waals surface area (Å²) >= 11 is 0. The van der Waals surface area contributed by atoms with Crippen LogP contribution in [0.4, 0.5) is 0 Å². The van der Waals surface area contributed by atoms with Gasteiger partial charge >= 0.3 is 0 Å². The number of hydrogen-bond donors (Lipinski definition) is 2. The lowest BCUT2D eigenvalue weighted by Gasteiger charge is -2.47. The van der Waals surface area contributed by atoms with E-state index in [0.717, 1.165) is 17.5 Å². The van der Waals surface area contributed by atoms with Crippen LogP contribution in [-0.2, 0) is 9.59 Å². The van der Waals surface area contributed by atoms with Crippen LogP contribution in [0.2, 0.25) is 0 Å². The molecule has 5 nitrogen and oxygen atoms in total. The van der Waals surface area contributed by atoms with Crippen molar-refractivity contribution in [2.75, 3.05) is 19.6 Å². The van der Waals surface area contributed by atoms with E-state index in [1.54, 1.807) is 4.90 Å². The highest BCUT2D eigenvalue weighted by atomic mass is 16.3. The van der Waals surface area contributed by atoms with Crippen molar-refractivity contribution < 1.29 is 14.7 Å². The van der Waals surface area contributed by atoms with E-state index in [0.29, 0.717) is 38.9 Å². The number of hydrogen-bond acceptors (Lipinski definition) is 3. The molecule has 2 saturated heterocycles. The molecule has 0 saturated carbocycles. The van der Waals surface area contributed by atoms with Gasteiger partial charge in [0.25, 0.3) is 0 Å². The van der Waals surface area contributed by atoms with Crippen molar-refractivity contribution in [2.45, 2.75) is 37.7 Å². The summed E-state index contributed by atoms with van der Waals surface area (Å²) in [6.07, 6.45) is 1.57. The molecule has 2 amide bonds. The van der Waals surface area contributed by atoms with Crippen LogP contribution in [-0.4, -0.2) is 47.6 Å².